The van der Waals surface area contributed by atoms with E-state index in [2.05, 4.69) is 17.1 Å². The molecule has 2 aliphatic heterocycles. The minimum Gasteiger partial charge on any atom is -0.494 e. The monoisotopic (exact) mass is 504 g/mol. The smallest absolute Gasteiger partial charge is 0.235 e. The number of nitrogens with one attached hydrogen (secondary N) is 1. The maximum absolute atomic E-state index is 13.5. The third-order valence-electron chi connectivity index (χ3n) is 7.14. The first-order valence-electron chi connectivity index (χ1n) is 12.3. The van der Waals surface area contributed by atoms with Crippen molar-refractivity contribution in [3.05, 3.63) is 58.1 Å². The van der Waals surface area contributed by atoms with Crippen molar-refractivity contribution in [2.24, 2.45) is 0 Å². The second kappa shape index (κ2) is 11.8. The van der Waals surface area contributed by atoms with Crippen LogP contribution in [-0.2, 0) is 14.9 Å². The molecule has 0 saturated carbocycles. The van der Waals surface area contributed by atoms with E-state index >= 15 is 0 Å². The minimum absolute atomic E-state index is 0.0793. The first-order chi connectivity index (χ1) is 16.5. The number of hydrogen-bond donors (Lipinski definition) is 1. The zero-order chi connectivity index (χ0) is 24.0. The van der Waals surface area contributed by atoms with Gasteiger partial charge in [-0.25, -0.2) is 0 Å². The Morgan fingerprint density at radius 3 is 2.62 bits per heavy atom. The second-order valence-electron chi connectivity index (χ2n) is 9.38. The first kappa shape index (κ1) is 25.3. The van der Waals surface area contributed by atoms with Gasteiger partial charge in [-0.1, -0.05) is 35.7 Å². The molecule has 5 nitrogen and oxygen atoms in total. The van der Waals surface area contributed by atoms with E-state index in [9.17, 15) is 4.79 Å². The molecule has 2 heterocycles. The Balaban J connectivity index is 1.34. The molecule has 0 aliphatic carbocycles. The molecular weight excluding hydrogens is 471 g/mol. The molecule has 0 spiro atoms. The molecular formula is C27H34Cl2N2O3. The highest BCUT2D eigenvalue weighted by atomic mass is 35.5. The van der Waals surface area contributed by atoms with E-state index in [0.717, 1.165) is 30.0 Å². The lowest BCUT2D eigenvalue weighted by Crippen LogP contribution is -2.45. The fourth-order valence-electron chi connectivity index (χ4n) is 5.05. The second-order valence-corrected chi connectivity index (χ2v) is 10.2. The van der Waals surface area contributed by atoms with Crippen LogP contribution in [0.15, 0.2) is 42.5 Å². The molecule has 7 heteroatoms. The molecule has 1 N–H and O–H groups in total. The van der Waals surface area contributed by atoms with Gasteiger partial charge in [0.15, 0.2) is 0 Å². The van der Waals surface area contributed by atoms with Crippen LogP contribution in [-0.4, -0.2) is 49.8 Å². The van der Waals surface area contributed by atoms with Gasteiger partial charge >= 0.3 is 0 Å². The van der Waals surface area contributed by atoms with Gasteiger partial charge in [-0.05, 0) is 87.5 Å². The Kier molecular flexibility index (Phi) is 8.75. The molecule has 2 fully saturated rings. The summed E-state index contributed by atoms with van der Waals surface area (Å²) in [5.74, 6) is 0.732. The quantitative estimate of drug-likeness (QED) is 0.427. The number of piperidine rings is 1. The largest absolute Gasteiger partial charge is 0.494 e. The number of likely N-dealkylation sites (tertiary alicyclic amines) is 1. The molecule has 2 aromatic carbocycles. The number of carbonyl (C=O) groups excluding carboxylic acids is 1. The number of nitrogens with zero attached hydrogens (tertiary/aromatic N) is 1. The van der Waals surface area contributed by atoms with Gasteiger partial charge in [0.1, 0.15) is 5.75 Å². The van der Waals surface area contributed by atoms with Crippen LogP contribution in [0, 0.1) is 0 Å². The highest BCUT2D eigenvalue weighted by molar-refractivity contribution is 6.35. The lowest BCUT2D eigenvalue weighted by Gasteiger charge is -2.36. The van der Waals surface area contributed by atoms with Crippen LogP contribution in [0.1, 0.15) is 51.0 Å². The average Bonchev–Trinajstić information content (AvgIpc) is 2.84. The van der Waals surface area contributed by atoms with Crippen LogP contribution in [0.3, 0.4) is 0 Å². The van der Waals surface area contributed by atoms with E-state index in [1.54, 1.807) is 12.1 Å². The molecule has 0 aromatic heterocycles. The van der Waals surface area contributed by atoms with Crippen LogP contribution >= 0.6 is 23.2 Å². The number of hydrogen-bond acceptors (Lipinski definition) is 4. The molecule has 0 bridgehead atoms. The van der Waals surface area contributed by atoms with Crippen molar-refractivity contribution >= 4 is 34.8 Å². The zero-order valence-electron chi connectivity index (χ0n) is 19.8. The summed E-state index contributed by atoms with van der Waals surface area (Å²) in [7, 11) is 0. The number of halogens is 2. The van der Waals surface area contributed by atoms with Crippen molar-refractivity contribution in [1.82, 2.24) is 4.90 Å². The summed E-state index contributed by atoms with van der Waals surface area (Å²) in [6.45, 7) is 6.30. The fourth-order valence-corrected chi connectivity index (χ4v) is 5.64. The molecule has 34 heavy (non-hydrogen) atoms. The van der Waals surface area contributed by atoms with Gasteiger partial charge in [0.2, 0.25) is 5.91 Å². The number of amides is 1. The molecule has 1 unspecified atom stereocenters. The predicted octanol–water partition coefficient (Wildman–Crippen LogP) is 6.32. The molecule has 2 aliphatic rings. The van der Waals surface area contributed by atoms with Crippen molar-refractivity contribution in [2.75, 3.05) is 38.2 Å². The maximum Gasteiger partial charge on any atom is 0.235 e. The molecule has 4 rings (SSSR count). The Bertz CT molecular complexity index is 961. The van der Waals surface area contributed by atoms with Crippen molar-refractivity contribution < 1.29 is 14.3 Å². The van der Waals surface area contributed by atoms with E-state index in [0.29, 0.717) is 48.7 Å². The van der Waals surface area contributed by atoms with Crippen molar-refractivity contribution in [2.45, 2.75) is 56.9 Å². The summed E-state index contributed by atoms with van der Waals surface area (Å²) in [6, 6.07) is 13.6. The van der Waals surface area contributed by atoms with Crippen LogP contribution < -0.4 is 10.1 Å². The van der Waals surface area contributed by atoms with Gasteiger partial charge in [-0.3, -0.25) is 4.79 Å². The number of rotatable bonds is 8. The third-order valence-corrected chi connectivity index (χ3v) is 7.69. The summed E-state index contributed by atoms with van der Waals surface area (Å²) in [4.78, 5) is 16.1. The van der Waals surface area contributed by atoms with E-state index < -0.39 is 5.41 Å². The zero-order valence-corrected chi connectivity index (χ0v) is 21.3. The summed E-state index contributed by atoms with van der Waals surface area (Å²) < 4.78 is 11.5. The summed E-state index contributed by atoms with van der Waals surface area (Å²) in [5, 5.41) is 4.15. The maximum atomic E-state index is 13.5. The molecule has 2 saturated heterocycles. The van der Waals surface area contributed by atoms with E-state index in [1.165, 1.54) is 25.8 Å². The SMILES string of the molecule is CC1CCCCN1CCCOc1ccc(NC(=O)C2(c3ccc(Cl)cc3Cl)CCOCC2)cc1. The standard InChI is InChI=1S/C27H34Cl2N2O3/c1-20-5-2-3-14-31(20)15-4-16-34-23-9-7-22(8-10-23)30-26(32)27(12-17-33-18-13-27)24-11-6-21(28)19-25(24)29/h6-11,19-20H,2-5,12-18H2,1H3,(H,30,32). The molecule has 184 valence electrons. The Morgan fingerprint density at radius 2 is 1.91 bits per heavy atom. The normalized spacial score (nSPS) is 20.6. The first-order valence-corrected chi connectivity index (χ1v) is 13.1. The highest BCUT2D eigenvalue weighted by Crippen LogP contribution is 2.40. The van der Waals surface area contributed by atoms with Crippen LogP contribution in [0.4, 0.5) is 5.69 Å². The fraction of sp³-hybridized carbons (Fsp3) is 0.519. The molecule has 1 amide bonds. The van der Waals surface area contributed by atoms with Crippen LogP contribution in [0.25, 0.3) is 0 Å². The number of anilines is 1. The van der Waals surface area contributed by atoms with Gasteiger partial charge in [0.25, 0.3) is 0 Å². The van der Waals surface area contributed by atoms with Crippen molar-refractivity contribution in [3.8, 4) is 5.75 Å². The minimum atomic E-state index is -0.749. The van der Waals surface area contributed by atoms with E-state index in [1.807, 2.05) is 30.3 Å². The third kappa shape index (κ3) is 6.06. The Labute approximate surface area is 212 Å². The van der Waals surface area contributed by atoms with Crippen molar-refractivity contribution in [1.29, 1.82) is 0 Å². The Hall–Kier alpha value is -1.79. The average molecular weight is 505 g/mol. The Morgan fingerprint density at radius 1 is 1.15 bits per heavy atom. The van der Waals surface area contributed by atoms with Gasteiger partial charge in [0.05, 0.1) is 12.0 Å². The number of benzene rings is 2. The van der Waals surface area contributed by atoms with E-state index in [-0.39, 0.29) is 5.91 Å². The van der Waals surface area contributed by atoms with E-state index in [4.69, 9.17) is 32.7 Å². The van der Waals surface area contributed by atoms with Crippen molar-refractivity contribution in [3.63, 3.8) is 0 Å². The van der Waals surface area contributed by atoms with Gasteiger partial charge in [-0.2, -0.15) is 0 Å². The molecule has 2 aromatic rings. The van der Waals surface area contributed by atoms with Gasteiger partial charge < -0.3 is 19.7 Å². The van der Waals surface area contributed by atoms with Gasteiger partial charge in [-0.15, -0.1) is 0 Å². The summed E-state index contributed by atoms with van der Waals surface area (Å²) in [5.41, 5.74) is 0.776. The van der Waals surface area contributed by atoms with Crippen LogP contribution in [0.5, 0.6) is 5.75 Å². The topological polar surface area (TPSA) is 50.8 Å². The highest BCUT2D eigenvalue weighted by Gasteiger charge is 2.43. The van der Waals surface area contributed by atoms with Gasteiger partial charge in [0, 0.05) is 41.5 Å². The lowest BCUT2D eigenvalue weighted by atomic mass is 9.73. The number of carbonyl (C=O) groups is 1. The molecule has 1 atom stereocenters. The number of ether oxygens (including phenoxy) is 2. The summed E-state index contributed by atoms with van der Waals surface area (Å²) in [6.07, 6.45) is 6.09. The lowest BCUT2D eigenvalue weighted by molar-refractivity contribution is -0.125. The predicted molar refractivity (Wildman–Crippen MR) is 138 cm³/mol. The summed E-state index contributed by atoms with van der Waals surface area (Å²) >= 11 is 12.6. The van der Waals surface area contributed by atoms with Crippen LogP contribution in [0.2, 0.25) is 10.0 Å². The molecule has 0 radical (unpaired) electrons.